The van der Waals surface area contributed by atoms with Crippen molar-refractivity contribution in [1.82, 2.24) is 10.4 Å². The number of benzene rings is 3. The van der Waals surface area contributed by atoms with E-state index in [4.69, 9.17) is 0 Å². The molecule has 0 spiro atoms. The van der Waals surface area contributed by atoms with Crippen molar-refractivity contribution in [1.29, 1.82) is 0 Å². The van der Waals surface area contributed by atoms with Crippen molar-refractivity contribution < 1.29 is 23.2 Å². The van der Waals surface area contributed by atoms with Gasteiger partial charge in [-0.25, -0.2) is 13.2 Å². The number of nitrogens with one attached hydrogen (secondary N) is 1. The number of nitrogens with zero attached hydrogens (tertiary/aromatic N) is 1. The van der Waals surface area contributed by atoms with Gasteiger partial charge in [0, 0.05) is 17.1 Å². The van der Waals surface area contributed by atoms with E-state index in [9.17, 15) is 23.2 Å². The molecular formula is C29H32F3N2O2P+. The molecule has 8 heteroatoms. The first-order chi connectivity index (χ1) is 17.3. The highest BCUT2D eigenvalue weighted by atomic mass is 31.2. The highest BCUT2D eigenvalue weighted by Crippen LogP contribution is 2.55. The summed E-state index contributed by atoms with van der Waals surface area (Å²) in [6, 6.07) is 17.7. The van der Waals surface area contributed by atoms with E-state index in [1.165, 1.54) is 36.4 Å². The maximum absolute atomic E-state index is 13.9. The fourth-order valence-electron chi connectivity index (χ4n) is 5.66. The van der Waals surface area contributed by atoms with Gasteiger partial charge >= 0.3 is 0 Å². The lowest BCUT2D eigenvalue weighted by atomic mass is 9.79. The van der Waals surface area contributed by atoms with Crippen LogP contribution in [0.2, 0.25) is 0 Å². The zero-order valence-corrected chi connectivity index (χ0v) is 22.4. The van der Waals surface area contributed by atoms with E-state index in [2.05, 4.69) is 5.32 Å². The number of hydroxylamine groups is 2. The van der Waals surface area contributed by atoms with Crippen LogP contribution in [0.4, 0.5) is 13.2 Å². The number of amides is 1. The first kappa shape index (κ1) is 27.3. The van der Waals surface area contributed by atoms with Gasteiger partial charge in [0.2, 0.25) is 0 Å². The molecule has 1 saturated heterocycles. The number of carbonyl (C=O) groups is 1. The Hall–Kier alpha value is -2.73. The molecule has 1 fully saturated rings. The monoisotopic (exact) mass is 528 g/mol. The van der Waals surface area contributed by atoms with Crippen LogP contribution in [-0.2, 0) is 10.0 Å². The molecule has 0 bridgehead atoms. The van der Waals surface area contributed by atoms with Gasteiger partial charge in [0.15, 0.2) is 6.16 Å². The first-order valence-electron chi connectivity index (χ1n) is 12.3. The van der Waals surface area contributed by atoms with Gasteiger partial charge < -0.3 is 5.32 Å². The number of carbonyl (C=O) groups excluding carboxylic acids is 1. The molecule has 1 amide bonds. The molecule has 37 heavy (non-hydrogen) atoms. The Bertz CT molecular complexity index is 1120. The number of rotatable bonds is 6. The molecule has 0 aliphatic carbocycles. The lowest BCUT2D eigenvalue weighted by Crippen LogP contribution is -2.62. The standard InChI is InChI=1S/C29H31F3N2O2P/c1-28(2)17-23(18-29(3,4)34(28)36)33-27(35)19-37(24-11-5-20(30)6-12-24,25-13-7-21(31)8-14-25)26-15-9-22(32)10-16-26/h5-16,23H,17-19H2,1-4H3/p+1. The lowest BCUT2D eigenvalue weighted by Gasteiger charge is -2.50. The molecule has 3 aromatic carbocycles. The zero-order chi connectivity index (χ0) is 27.0. The molecular weight excluding hydrogens is 496 g/mol. The molecule has 1 radical (unpaired) electrons. The molecule has 0 aromatic heterocycles. The highest BCUT2D eigenvalue weighted by molar-refractivity contribution is 7.96. The van der Waals surface area contributed by atoms with Crippen molar-refractivity contribution >= 4 is 29.1 Å². The summed E-state index contributed by atoms with van der Waals surface area (Å²) in [4.78, 5) is 13.8. The SMILES string of the molecule is CC1(C)CC(NC(=O)C[P+](c2ccc(F)cc2)(c2ccc(F)cc2)c2ccc(F)cc2)CC(C)(C)N1[O]. The predicted octanol–water partition coefficient (Wildman–Crippen LogP) is 4.88. The molecule has 4 nitrogen and oxygen atoms in total. The van der Waals surface area contributed by atoms with Gasteiger partial charge in [-0.2, -0.15) is 0 Å². The van der Waals surface area contributed by atoms with Gasteiger partial charge in [-0.3, -0.25) is 4.79 Å². The minimum atomic E-state index is -2.80. The third-order valence-electron chi connectivity index (χ3n) is 7.14. The Morgan fingerprint density at radius 1 is 0.757 bits per heavy atom. The Kier molecular flexibility index (Phi) is 7.53. The van der Waals surface area contributed by atoms with E-state index in [1.54, 1.807) is 36.4 Å². The summed E-state index contributed by atoms with van der Waals surface area (Å²) < 4.78 is 41.8. The van der Waals surface area contributed by atoms with Crippen molar-refractivity contribution in [3.8, 4) is 0 Å². The average Bonchev–Trinajstić information content (AvgIpc) is 2.82. The minimum absolute atomic E-state index is 0.0222. The van der Waals surface area contributed by atoms with E-state index in [1.807, 2.05) is 27.7 Å². The summed E-state index contributed by atoms with van der Waals surface area (Å²) >= 11 is 0. The van der Waals surface area contributed by atoms with Crippen LogP contribution < -0.4 is 21.2 Å². The largest absolute Gasteiger partial charge is 0.350 e. The summed E-state index contributed by atoms with van der Waals surface area (Å²) in [7, 11) is -2.80. The summed E-state index contributed by atoms with van der Waals surface area (Å²) in [5, 5.41) is 19.2. The number of halogens is 3. The molecule has 1 heterocycles. The zero-order valence-electron chi connectivity index (χ0n) is 21.5. The first-order valence-corrected chi connectivity index (χ1v) is 14.2. The van der Waals surface area contributed by atoms with E-state index >= 15 is 0 Å². The minimum Gasteiger partial charge on any atom is -0.350 e. The van der Waals surface area contributed by atoms with Crippen LogP contribution in [0.5, 0.6) is 0 Å². The maximum atomic E-state index is 13.9. The predicted molar refractivity (Wildman–Crippen MR) is 142 cm³/mol. The molecule has 3 aromatic rings. The topological polar surface area (TPSA) is 52.2 Å². The fraction of sp³-hybridized carbons (Fsp3) is 0.345. The van der Waals surface area contributed by atoms with Crippen LogP contribution >= 0.6 is 7.26 Å². The van der Waals surface area contributed by atoms with E-state index in [0.29, 0.717) is 12.8 Å². The summed E-state index contributed by atoms with van der Waals surface area (Å²) in [5.74, 6) is -1.49. The van der Waals surface area contributed by atoms with E-state index < -0.39 is 35.8 Å². The normalized spacial score (nSPS) is 17.9. The maximum Gasteiger partial charge on any atom is 0.259 e. The van der Waals surface area contributed by atoms with Crippen LogP contribution in [0.3, 0.4) is 0 Å². The van der Waals surface area contributed by atoms with Gasteiger partial charge in [-0.05, 0) is 113 Å². The molecule has 1 aliphatic heterocycles. The second-order valence-electron chi connectivity index (χ2n) is 11.0. The molecule has 0 atom stereocenters. The Morgan fingerprint density at radius 3 is 1.41 bits per heavy atom. The molecule has 4 rings (SSSR count). The third kappa shape index (κ3) is 5.59. The smallest absolute Gasteiger partial charge is 0.259 e. The summed E-state index contributed by atoms with van der Waals surface area (Å²) in [6.07, 6.45) is 0.996. The lowest BCUT2D eigenvalue weighted by molar-refractivity contribution is -0.290. The summed E-state index contributed by atoms with van der Waals surface area (Å²) in [6.45, 7) is 7.47. The van der Waals surface area contributed by atoms with Crippen LogP contribution in [0.25, 0.3) is 0 Å². The van der Waals surface area contributed by atoms with Crippen molar-refractivity contribution in [2.24, 2.45) is 0 Å². The highest BCUT2D eigenvalue weighted by Gasteiger charge is 2.50. The van der Waals surface area contributed by atoms with Gasteiger partial charge in [0.05, 0.1) is 0 Å². The second-order valence-corrected chi connectivity index (χ2v) is 14.5. The van der Waals surface area contributed by atoms with Gasteiger partial charge in [-0.1, -0.05) is 0 Å². The molecule has 1 N–H and O–H groups in total. The average molecular weight is 529 g/mol. The van der Waals surface area contributed by atoms with E-state index in [0.717, 1.165) is 21.0 Å². The van der Waals surface area contributed by atoms with Gasteiger partial charge in [0.1, 0.15) is 40.6 Å². The van der Waals surface area contributed by atoms with Crippen molar-refractivity contribution in [2.45, 2.75) is 57.7 Å². The fourth-order valence-corrected chi connectivity index (χ4v) is 9.60. The van der Waals surface area contributed by atoms with Gasteiger partial charge in [0.25, 0.3) is 5.91 Å². The Labute approximate surface area is 216 Å². The van der Waals surface area contributed by atoms with Crippen LogP contribution in [0, 0.1) is 17.5 Å². The van der Waals surface area contributed by atoms with Crippen molar-refractivity contribution in [3.05, 3.63) is 90.2 Å². The molecule has 195 valence electrons. The second kappa shape index (κ2) is 10.2. The molecule has 0 saturated carbocycles. The number of hydrogen-bond donors (Lipinski definition) is 1. The quantitative estimate of drug-likeness (QED) is 0.464. The van der Waals surface area contributed by atoms with Crippen LogP contribution in [0.1, 0.15) is 40.5 Å². The Morgan fingerprint density at radius 2 is 1.08 bits per heavy atom. The number of hydrogen-bond acceptors (Lipinski definition) is 2. The van der Waals surface area contributed by atoms with E-state index in [-0.39, 0.29) is 18.1 Å². The molecule has 1 aliphatic rings. The third-order valence-corrected chi connectivity index (χ3v) is 11.4. The van der Waals surface area contributed by atoms with Crippen molar-refractivity contribution in [2.75, 3.05) is 6.16 Å². The van der Waals surface area contributed by atoms with Crippen LogP contribution in [-0.4, -0.2) is 34.3 Å². The van der Waals surface area contributed by atoms with Crippen LogP contribution in [0.15, 0.2) is 72.8 Å². The van der Waals surface area contributed by atoms with Crippen molar-refractivity contribution in [3.63, 3.8) is 0 Å². The number of piperidine rings is 1. The molecule has 0 unspecified atom stereocenters. The summed E-state index contributed by atoms with van der Waals surface area (Å²) in [5.41, 5.74) is -1.31. The Balaban J connectivity index is 1.79. The van der Waals surface area contributed by atoms with Gasteiger partial charge in [-0.15, -0.1) is 10.3 Å².